The third kappa shape index (κ3) is 8.40. The highest BCUT2D eigenvalue weighted by atomic mass is 19.4. The predicted molar refractivity (Wildman–Crippen MR) is 129 cm³/mol. The zero-order valence-electron chi connectivity index (χ0n) is 20.8. The van der Waals surface area contributed by atoms with Gasteiger partial charge in [0.05, 0.1) is 25.2 Å². The number of carbonyl (C=O) groups is 1. The number of benzene rings is 1. The molecule has 0 bridgehead atoms. The number of halogens is 3. The summed E-state index contributed by atoms with van der Waals surface area (Å²) in [4.78, 5) is 14.9. The summed E-state index contributed by atoms with van der Waals surface area (Å²) in [7, 11) is 0. The molecule has 0 aliphatic rings. The van der Waals surface area contributed by atoms with E-state index in [4.69, 9.17) is 19.3 Å². The number of hydrogen-bond acceptors (Lipinski definition) is 6. The number of rotatable bonds is 14. The van der Waals surface area contributed by atoms with Crippen LogP contribution in [0.3, 0.4) is 0 Å². The van der Waals surface area contributed by atoms with Gasteiger partial charge in [0.2, 0.25) is 11.8 Å². The fourth-order valence-corrected chi connectivity index (χ4v) is 3.43. The number of aromatic nitrogens is 3. The van der Waals surface area contributed by atoms with Gasteiger partial charge in [-0.05, 0) is 43.9 Å². The van der Waals surface area contributed by atoms with Crippen molar-refractivity contribution in [1.82, 2.24) is 14.8 Å². The first-order valence-corrected chi connectivity index (χ1v) is 12.1. The summed E-state index contributed by atoms with van der Waals surface area (Å²) in [6, 6.07) is 7.43. The Balaban J connectivity index is 1.69. The maximum absolute atomic E-state index is 12.9. The lowest BCUT2D eigenvalue weighted by molar-refractivity contribution is -0.138. The number of pyridine rings is 1. The van der Waals surface area contributed by atoms with Crippen LogP contribution in [0.2, 0.25) is 0 Å². The number of hydrogen-bond donors (Lipinski definition) is 1. The van der Waals surface area contributed by atoms with E-state index in [-0.39, 0.29) is 24.8 Å². The molecule has 0 amide bonds. The Hall–Kier alpha value is -3.76. The smallest absolute Gasteiger partial charge is 0.417 e. The molecule has 8 nitrogen and oxygen atoms in total. The van der Waals surface area contributed by atoms with Crippen LogP contribution in [-0.2, 0) is 30.4 Å². The Bertz CT molecular complexity index is 1160. The van der Waals surface area contributed by atoms with Crippen LogP contribution in [-0.4, -0.2) is 39.1 Å². The van der Waals surface area contributed by atoms with Crippen molar-refractivity contribution in [3.05, 3.63) is 59.4 Å². The van der Waals surface area contributed by atoms with Gasteiger partial charge in [0.25, 0.3) is 0 Å². The maximum Gasteiger partial charge on any atom is 0.417 e. The lowest BCUT2D eigenvalue weighted by Crippen LogP contribution is -2.06. The molecule has 11 heteroatoms. The van der Waals surface area contributed by atoms with E-state index in [0.717, 1.165) is 30.7 Å². The van der Waals surface area contributed by atoms with Gasteiger partial charge in [-0.15, -0.1) is 5.10 Å². The monoisotopic (exact) mass is 521 g/mol. The Morgan fingerprint density at radius 3 is 2.49 bits per heavy atom. The zero-order valence-corrected chi connectivity index (χ0v) is 20.8. The number of unbranched alkanes of at least 4 members (excludes halogenated alkanes) is 1. The Morgan fingerprint density at radius 1 is 1.05 bits per heavy atom. The predicted octanol–water partition coefficient (Wildman–Crippen LogP) is 5.93. The second-order valence-corrected chi connectivity index (χ2v) is 8.29. The van der Waals surface area contributed by atoms with E-state index in [1.807, 2.05) is 19.1 Å². The van der Waals surface area contributed by atoms with Gasteiger partial charge in [0, 0.05) is 36.6 Å². The topological polar surface area (TPSA) is 95.7 Å². The van der Waals surface area contributed by atoms with Gasteiger partial charge in [0.1, 0.15) is 11.5 Å². The summed E-state index contributed by atoms with van der Waals surface area (Å²) in [5.74, 6) is 0.344. The molecule has 37 heavy (non-hydrogen) atoms. The van der Waals surface area contributed by atoms with Gasteiger partial charge in [-0.2, -0.15) is 13.2 Å². The number of carboxylic acid groups (broad SMARTS) is 1. The number of aryl methyl sites for hydroxylation is 2. The highest BCUT2D eigenvalue weighted by Gasteiger charge is 2.30. The lowest BCUT2D eigenvalue weighted by atomic mass is 10.1. The molecular formula is C26H30F3N3O5. The summed E-state index contributed by atoms with van der Waals surface area (Å²) in [5.41, 5.74) is 0.431. The van der Waals surface area contributed by atoms with Gasteiger partial charge in [-0.3, -0.25) is 9.48 Å². The molecule has 0 radical (unpaired) electrons. The first kappa shape index (κ1) is 27.8. The van der Waals surface area contributed by atoms with Gasteiger partial charge in [-0.25, -0.2) is 4.98 Å². The van der Waals surface area contributed by atoms with E-state index >= 15 is 0 Å². The third-order valence-corrected chi connectivity index (χ3v) is 5.38. The summed E-state index contributed by atoms with van der Waals surface area (Å²) < 4.78 is 57.6. The molecule has 2 aromatic heterocycles. The molecule has 0 aliphatic heterocycles. The minimum absolute atomic E-state index is 0.0274. The highest BCUT2D eigenvalue weighted by Crippen LogP contribution is 2.32. The zero-order chi connectivity index (χ0) is 26.8. The van der Waals surface area contributed by atoms with Crippen LogP contribution < -0.4 is 14.2 Å². The first-order chi connectivity index (χ1) is 17.7. The third-order valence-electron chi connectivity index (χ3n) is 5.38. The molecule has 0 fully saturated rings. The first-order valence-electron chi connectivity index (χ1n) is 12.1. The molecule has 0 atom stereocenters. The SMILES string of the molecule is CCCCOc1ccc(CCCOc2nn(CC)cc2CC(=O)O)c(Oc2ccc(C(F)(F)F)cn2)c1. The molecule has 1 aromatic carbocycles. The van der Waals surface area contributed by atoms with Crippen LogP contribution in [0, 0.1) is 0 Å². The normalized spacial score (nSPS) is 11.4. The molecule has 200 valence electrons. The molecule has 0 saturated heterocycles. The van der Waals surface area contributed by atoms with Crippen molar-refractivity contribution >= 4 is 5.97 Å². The van der Waals surface area contributed by atoms with Crippen LogP contribution in [0.5, 0.6) is 23.3 Å². The summed E-state index contributed by atoms with van der Waals surface area (Å²) in [5, 5.41) is 13.4. The van der Waals surface area contributed by atoms with Crippen molar-refractivity contribution in [3.8, 4) is 23.3 Å². The Labute approximate surface area is 213 Å². The molecule has 3 aromatic rings. The summed E-state index contributed by atoms with van der Waals surface area (Å²) in [6.07, 6.45) is 0.646. The van der Waals surface area contributed by atoms with Gasteiger partial charge < -0.3 is 19.3 Å². The van der Waals surface area contributed by atoms with Gasteiger partial charge in [-0.1, -0.05) is 19.4 Å². The minimum Gasteiger partial charge on any atom is -0.493 e. The van der Waals surface area contributed by atoms with Crippen molar-refractivity contribution in [1.29, 1.82) is 0 Å². The highest BCUT2D eigenvalue weighted by molar-refractivity contribution is 5.70. The number of aliphatic carboxylic acids is 1. The largest absolute Gasteiger partial charge is 0.493 e. The summed E-state index contributed by atoms with van der Waals surface area (Å²) >= 11 is 0. The number of alkyl halides is 3. The van der Waals surface area contributed by atoms with Crippen molar-refractivity contribution in [2.24, 2.45) is 0 Å². The molecule has 0 saturated carbocycles. The lowest BCUT2D eigenvalue weighted by Gasteiger charge is -2.14. The van der Waals surface area contributed by atoms with E-state index in [1.54, 1.807) is 16.9 Å². The number of carboxylic acids is 1. The second-order valence-electron chi connectivity index (χ2n) is 8.29. The molecule has 2 heterocycles. The maximum atomic E-state index is 12.9. The van der Waals surface area contributed by atoms with Crippen LogP contribution in [0.25, 0.3) is 0 Å². The molecule has 1 N–H and O–H groups in total. The fourth-order valence-electron chi connectivity index (χ4n) is 3.43. The molecular weight excluding hydrogens is 491 g/mol. The van der Waals surface area contributed by atoms with Crippen molar-refractivity contribution in [2.75, 3.05) is 13.2 Å². The number of nitrogens with zero attached hydrogens (tertiary/aromatic N) is 3. The fraction of sp³-hybridized carbons (Fsp3) is 0.423. The van der Waals surface area contributed by atoms with Crippen molar-refractivity contribution in [2.45, 2.75) is 58.7 Å². The van der Waals surface area contributed by atoms with Crippen LogP contribution in [0.1, 0.15) is 49.8 Å². The van der Waals surface area contributed by atoms with Crippen LogP contribution >= 0.6 is 0 Å². The Kier molecular flexibility index (Phi) is 9.76. The van der Waals surface area contributed by atoms with E-state index < -0.39 is 17.7 Å². The van der Waals surface area contributed by atoms with E-state index in [0.29, 0.717) is 43.1 Å². The molecule has 3 rings (SSSR count). The summed E-state index contributed by atoms with van der Waals surface area (Å²) in [6.45, 7) is 5.34. The standard InChI is InChI=1S/C26H30F3N3O5/c1-3-5-12-35-21-10-8-18(22(15-21)37-23-11-9-20(16-30-23)26(27,28)29)7-6-13-36-25-19(14-24(33)34)17-32(4-2)31-25/h8-11,15-17H,3-7,12-14H2,1-2H3,(H,33,34). The molecule has 0 spiro atoms. The van der Waals surface area contributed by atoms with Gasteiger partial charge >= 0.3 is 12.1 Å². The van der Waals surface area contributed by atoms with E-state index in [2.05, 4.69) is 17.0 Å². The van der Waals surface area contributed by atoms with Crippen LogP contribution in [0.15, 0.2) is 42.7 Å². The van der Waals surface area contributed by atoms with E-state index in [1.165, 1.54) is 6.07 Å². The van der Waals surface area contributed by atoms with Crippen molar-refractivity contribution < 1.29 is 37.3 Å². The quantitative estimate of drug-likeness (QED) is 0.263. The average Bonchev–Trinajstić information content (AvgIpc) is 3.23. The Morgan fingerprint density at radius 2 is 1.84 bits per heavy atom. The van der Waals surface area contributed by atoms with Gasteiger partial charge in [0.15, 0.2) is 0 Å². The number of ether oxygens (including phenoxy) is 3. The second kappa shape index (κ2) is 13.0. The van der Waals surface area contributed by atoms with E-state index in [9.17, 15) is 18.0 Å². The minimum atomic E-state index is -4.49. The average molecular weight is 522 g/mol. The molecule has 0 unspecified atom stereocenters. The molecule has 0 aliphatic carbocycles. The van der Waals surface area contributed by atoms with Crippen LogP contribution in [0.4, 0.5) is 13.2 Å². The van der Waals surface area contributed by atoms with Crippen molar-refractivity contribution in [3.63, 3.8) is 0 Å².